The van der Waals surface area contributed by atoms with Gasteiger partial charge in [0.2, 0.25) is 0 Å². The Morgan fingerprint density at radius 3 is 2.22 bits per heavy atom. The first-order chi connectivity index (χ1) is 17.4. The number of hydrogen-bond acceptors (Lipinski definition) is 4. The average Bonchev–Trinajstić information content (AvgIpc) is 3.23. The number of benzene rings is 2. The van der Waals surface area contributed by atoms with Crippen LogP contribution in [0.15, 0.2) is 60.7 Å². The first kappa shape index (κ1) is 24.8. The maximum Gasteiger partial charge on any atom is 0.338 e. The van der Waals surface area contributed by atoms with Crippen LogP contribution < -0.4 is 0 Å². The second kappa shape index (κ2) is 9.85. The van der Waals surface area contributed by atoms with Gasteiger partial charge >= 0.3 is 5.97 Å². The quantitative estimate of drug-likeness (QED) is 0.320. The van der Waals surface area contributed by atoms with Crippen LogP contribution in [0.4, 0.5) is 0 Å². The number of nitrogens with zero attached hydrogens (tertiary/aromatic N) is 1. The molecule has 3 aliphatic carbocycles. The standard InChI is InChI=1S/C32H37NO3/c1-31(19-20-33)24(21-28(34)22-9-5-3-6-10-22)13-14-25-26-15-16-29(32(26,2)18-17-27(25)31)36-30(35)23-11-7-4-8-12-23/h3-12,24-27,29H,13-19,21H2,1-2H3/t24-,25-,26-,27-,29-,31-,32-/m0/s1. The topological polar surface area (TPSA) is 67.2 Å². The third-order valence-corrected chi connectivity index (χ3v) is 10.2. The number of Topliss-reactive ketones (excluding diaryl/α,β-unsaturated/α-hetero) is 1. The molecule has 3 aliphatic rings. The van der Waals surface area contributed by atoms with Crippen LogP contribution in [0.2, 0.25) is 0 Å². The minimum atomic E-state index is -0.220. The molecule has 0 aromatic heterocycles. The highest BCUT2D eigenvalue weighted by molar-refractivity contribution is 5.96. The lowest BCUT2D eigenvalue weighted by atomic mass is 9.46. The number of ketones is 1. The van der Waals surface area contributed by atoms with Crippen LogP contribution in [0.1, 0.15) is 85.9 Å². The molecule has 188 valence electrons. The molecule has 0 aliphatic heterocycles. The Balaban J connectivity index is 1.33. The minimum Gasteiger partial charge on any atom is -0.458 e. The average molecular weight is 484 g/mol. The van der Waals surface area contributed by atoms with Crippen LogP contribution in [-0.4, -0.2) is 17.9 Å². The van der Waals surface area contributed by atoms with Crippen LogP contribution in [0.25, 0.3) is 0 Å². The molecule has 0 bridgehead atoms. The molecule has 0 saturated heterocycles. The van der Waals surface area contributed by atoms with Crippen molar-refractivity contribution in [3.8, 4) is 6.07 Å². The number of rotatable bonds is 6. The molecule has 0 unspecified atom stereocenters. The number of carbonyl (C=O) groups is 2. The Labute approximate surface area is 215 Å². The number of carbonyl (C=O) groups excluding carboxylic acids is 2. The first-order valence-corrected chi connectivity index (χ1v) is 13.6. The fraction of sp³-hybridized carbons (Fsp3) is 0.531. The van der Waals surface area contributed by atoms with Gasteiger partial charge in [-0.3, -0.25) is 4.79 Å². The summed E-state index contributed by atoms with van der Waals surface area (Å²) < 4.78 is 6.14. The summed E-state index contributed by atoms with van der Waals surface area (Å²) in [5.41, 5.74) is 1.20. The minimum absolute atomic E-state index is 0.0220. The van der Waals surface area contributed by atoms with E-state index < -0.39 is 0 Å². The van der Waals surface area contributed by atoms with Gasteiger partial charge < -0.3 is 4.74 Å². The highest BCUT2D eigenvalue weighted by atomic mass is 16.5. The lowest BCUT2D eigenvalue weighted by Gasteiger charge is -2.58. The monoisotopic (exact) mass is 483 g/mol. The Morgan fingerprint density at radius 2 is 1.56 bits per heavy atom. The van der Waals surface area contributed by atoms with E-state index in [9.17, 15) is 14.9 Å². The molecule has 5 rings (SSSR count). The first-order valence-electron chi connectivity index (χ1n) is 13.6. The lowest BCUT2D eigenvalue weighted by Crippen LogP contribution is -2.53. The second-order valence-electron chi connectivity index (χ2n) is 11.9. The van der Waals surface area contributed by atoms with E-state index in [0.29, 0.717) is 36.2 Å². The van der Waals surface area contributed by atoms with E-state index in [1.54, 1.807) is 0 Å². The smallest absolute Gasteiger partial charge is 0.338 e. The van der Waals surface area contributed by atoms with Crippen molar-refractivity contribution in [2.75, 3.05) is 0 Å². The summed E-state index contributed by atoms with van der Waals surface area (Å²) in [5, 5.41) is 9.84. The molecule has 2 aromatic rings. The van der Waals surface area contributed by atoms with Crippen LogP contribution in [0, 0.1) is 45.8 Å². The second-order valence-corrected chi connectivity index (χ2v) is 11.9. The van der Waals surface area contributed by atoms with Crippen LogP contribution in [0.5, 0.6) is 0 Å². The van der Waals surface area contributed by atoms with Gasteiger partial charge in [0.25, 0.3) is 0 Å². The summed E-state index contributed by atoms with van der Waals surface area (Å²) in [4.78, 5) is 26.0. The molecule has 0 spiro atoms. The number of esters is 1. The van der Waals surface area contributed by atoms with Crippen molar-refractivity contribution in [2.45, 2.75) is 71.3 Å². The molecular formula is C32H37NO3. The number of nitriles is 1. The van der Waals surface area contributed by atoms with E-state index >= 15 is 0 Å². The van der Waals surface area contributed by atoms with Gasteiger partial charge in [-0.25, -0.2) is 4.79 Å². The van der Waals surface area contributed by atoms with Crippen molar-refractivity contribution >= 4 is 11.8 Å². The SMILES string of the molecule is C[C@]1(CC#N)[C@H](CC(=O)c2ccccc2)CC[C@@H]2[C@@H]1CC[C@]1(C)[C@@H](OC(=O)c3ccccc3)CC[C@@H]21. The maximum atomic E-state index is 13.1. The summed E-state index contributed by atoms with van der Waals surface area (Å²) in [6.07, 6.45) is 7.06. The van der Waals surface area contributed by atoms with Crippen LogP contribution in [0.3, 0.4) is 0 Å². The normalized spacial score (nSPS) is 35.2. The van der Waals surface area contributed by atoms with Crippen molar-refractivity contribution in [1.82, 2.24) is 0 Å². The van der Waals surface area contributed by atoms with E-state index in [0.717, 1.165) is 44.1 Å². The van der Waals surface area contributed by atoms with E-state index in [4.69, 9.17) is 4.74 Å². The van der Waals surface area contributed by atoms with E-state index in [1.165, 1.54) is 0 Å². The molecule has 2 aromatic carbocycles. The van der Waals surface area contributed by atoms with Crippen molar-refractivity contribution in [2.24, 2.45) is 34.5 Å². The number of fused-ring (bicyclic) bond motifs is 3. The zero-order chi connectivity index (χ0) is 25.3. The van der Waals surface area contributed by atoms with Gasteiger partial charge in [0, 0.05) is 23.8 Å². The molecule has 7 atom stereocenters. The zero-order valence-electron chi connectivity index (χ0n) is 21.5. The predicted molar refractivity (Wildman–Crippen MR) is 139 cm³/mol. The Kier molecular flexibility index (Phi) is 6.77. The highest BCUT2D eigenvalue weighted by Crippen LogP contribution is 2.65. The summed E-state index contributed by atoms with van der Waals surface area (Å²) in [6.45, 7) is 4.61. The lowest BCUT2D eigenvalue weighted by molar-refractivity contribution is -0.109. The van der Waals surface area contributed by atoms with Gasteiger partial charge in [-0.1, -0.05) is 62.4 Å². The fourth-order valence-corrected chi connectivity index (χ4v) is 8.20. The van der Waals surface area contributed by atoms with E-state index in [-0.39, 0.29) is 34.6 Å². The molecule has 4 nitrogen and oxygen atoms in total. The van der Waals surface area contributed by atoms with E-state index in [2.05, 4.69) is 19.9 Å². The molecule has 0 heterocycles. The zero-order valence-corrected chi connectivity index (χ0v) is 21.5. The van der Waals surface area contributed by atoms with Crippen molar-refractivity contribution in [3.05, 3.63) is 71.8 Å². The third kappa shape index (κ3) is 4.27. The molecule has 3 saturated carbocycles. The van der Waals surface area contributed by atoms with Crippen molar-refractivity contribution in [3.63, 3.8) is 0 Å². The van der Waals surface area contributed by atoms with Gasteiger partial charge in [0.15, 0.2) is 5.78 Å². The van der Waals surface area contributed by atoms with Crippen molar-refractivity contribution in [1.29, 1.82) is 5.26 Å². The van der Waals surface area contributed by atoms with Crippen LogP contribution >= 0.6 is 0 Å². The summed E-state index contributed by atoms with van der Waals surface area (Å²) in [6, 6.07) is 21.4. The molecule has 0 amide bonds. The maximum absolute atomic E-state index is 13.1. The summed E-state index contributed by atoms with van der Waals surface area (Å²) >= 11 is 0. The molecule has 0 radical (unpaired) electrons. The van der Waals surface area contributed by atoms with Gasteiger partial charge in [0.1, 0.15) is 6.10 Å². The number of ether oxygens (including phenoxy) is 1. The summed E-state index contributed by atoms with van der Waals surface area (Å²) in [5.74, 6) is 1.64. The Hall–Kier alpha value is -2.93. The third-order valence-electron chi connectivity index (χ3n) is 10.2. The molecule has 3 fully saturated rings. The predicted octanol–water partition coefficient (Wildman–Crippen LogP) is 7.26. The van der Waals surface area contributed by atoms with Gasteiger partial charge in [-0.2, -0.15) is 5.26 Å². The Bertz CT molecular complexity index is 1140. The molecule has 4 heteroatoms. The molecule has 36 heavy (non-hydrogen) atoms. The fourth-order valence-electron chi connectivity index (χ4n) is 8.20. The van der Waals surface area contributed by atoms with Crippen molar-refractivity contribution < 1.29 is 14.3 Å². The Morgan fingerprint density at radius 1 is 0.889 bits per heavy atom. The van der Waals surface area contributed by atoms with E-state index in [1.807, 2.05) is 60.7 Å². The molecule has 0 N–H and O–H groups in total. The van der Waals surface area contributed by atoms with Crippen LogP contribution in [-0.2, 0) is 4.74 Å². The van der Waals surface area contributed by atoms with Gasteiger partial charge in [-0.05, 0) is 79.7 Å². The largest absolute Gasteiger partial charge is 0.458 e. The van der Waals surface area contributed by atoms with Gasteiger partial charge in [-0.15, -0.1) is 0 Å². The highest BCUT2D eigenvalue weighted by Gasteiger charge is 2.60. The number of hydrogen-bond donors (Lipinski definition) is 0. The molecular weight excluding hydrogens is 446 g/mol. The van der Waals surface area contributed by atoms with Gasteiger partial charge in [0.05, 0.1) is 11.6 Å². The summed E-state index contributed by atoms with van der Waals surface area (Å²) in [7, 11) is 0.